The highest BCUT2D eigenvalue weighted by Gasteiger charge is 2.50. The third-order valence-corrected chi connectivity index (χ3v) is 4.35. The molecule has 1 saturated heterocycles. The lowest BCUT2D eigenvalue weighted by atomic mass is 9.91. The second kappa shape index (κ2) is 5.31. The van der Waals surface area contributed by atoms with Gasteiger partial charge in [-0.2, -0.15) is 0 Å². The van der Waals surface area contributed by atoms with Gasteiger partial charge < -0.3 is 5.32 Å². The molecule has 1 heterocycles. The van der Waals surface area contributed by atoms with E-state index in [1.54, 1.807) is 0 Å². The van der Waals surface area contributed by atoms with Crippen molar-refractivity contribution in [1.29, 1.82) is 0 Å². The van der Waals surface area contributed by atoms with E-state index in [2.05, 4.69) is 5.32 Å². The quantitative estimate of drug-likeness (QED) is 0.826. The highest BCUT2D eigenvalue weighted by molar-refractivity contribution is 7.90. The van der Waals surface area contributed by atoms with Crippen LogP contribution in [0, 0.1) is 11.6 Å². The SMILES string of the molecule is C[C@@]1(c2ccc(F)cc2F)NC(=O)N(CCS(C)(=O)=O)C1=O. The molecule has 1 atom stereocenters. The van der Waals surface area contributed by atoms with Gasteiger partial charge in [0.25, 0.3) is 5.91 Å². The minimum atomic E-state index is -3.37. The summed E-state index contributed by atoms with van der Waals surface area (Å²) < 4.78 is 49.2. The average Bonchev–Trinajstić information content (AvgIpc) is 2.57. The van der Waals surface area contributed by atoms with Gasteiger partial charge in [-0.05, 0) is 13.0 Å². The molecule has 0 unspecified atom stereocenters. The Labute approximate surface area is 126 Å². The summed E-state index contributed by atoms with van der Waals surface area (Å²) in [6.07, 6.45) is 0.976. The van der Waals surface area contributed by atoms with Crippen LogP contribution in [0.2, 0.25) is 0 Å². The lowest BCUT2D eigenvalue weighted by molar-refractivity contribution is -0.131. The van der Waals surface area contributed by atoms with Gasteiger partial charge in [-0.1, -0.05) is 6.07 Å². The van der Waals surface area contributed by atoms with Crippen molar-refractivity contribution in [3.8, 4) is 0 Å². The molecule has 1 aliphatic rings. The first-order valence-corrected chi connectivity index (χ1v) is 8.38. The van der Waals surface area contributed by atoms with Crippen LogP contribution >= 0.6 is 0 Å². The fourth-order valence-electron chi connectivity index (χ4n) is 2.23. The molecule has 0 bridgehead atoms. The van der Waals surface area contributed by atoms with E-state index in [4.69, 9.17) is 0 Å². The summed E-state index contributed by atoms with van der Waals surface area (Å²) in [5.41, 5.74) is -1.89. The van der Waals surface area contributed by atoms with Crippen molar-refractivity contribution in [3.63, 3.8) is 0 Å². The Kier molecular flexibility index (Phi) is 3.94. The number of halogens is 2. The zero-order chi connectivity index (χ0) is 16.7. The number of rotatable bonds is 4. The third-order valence-electron chi connectivity index (χ3n) is 3.43. The molecule has 0 aromatic heterocycles. The van der Waals surface area contributed by atoms with Crippen LogP contribution in [0.5, 0.6) is 0 Å². The van der Waals surface area contributed by atoms with Crippen LogP contribution < -0.4 is 5.32 Å². The molecular weight excluding hydrogens is 318 g/mol. The van der Waals surface area contributed by atoms with Crippen molar-refractivity contribution in [2.75, 3.05) is 18.6 Å². The lowest BCUT2D eigenvalue weighted by Crippen LogP contribution is -2.42. The number of amides is 3. The molecule has 120 valence electrons. The number of benzene rings is 1. The maximum atomic E-state index is 13.9. The molecule has 1 aromatic rings. The van der Waals surface area contributed by atoms with Crippen molar-refractivity contribution in [1.82, 2.24) is 10.2 Å². The van der Waals surface area contributed by atoms with Crippen LogP contribution in [0.15, 0.2) is 18.2 Å². The zero-order valence-electron chi connectivity index (χ0n) is 11.9. The number of carbonyl (C=O) groups excluding carboxylic acids is 2. The Bertz CT molecular complexity index is 750. The van der Waals surface area contributed by atoms with Crippen molar-refractivity contribution in [2.24, 2.45) is 0 Å². The number of hydrogen-bond acceptors (Lipinski definition) is 4. The minimum absolute atomic E-state index is 0.186. The van der Waals surface area contributed by atoms with E-state index in [1.807, 2.05) is 0 Å². The molecular formula is C13H14F2N2O4S. The molecule has 2 rings (SSSR count). The maximum Gasteiger partial charge on any atom is 0.325 e. The van der Waals surface area contributed by atoms with Crippen molar-refractivity contribution in [3.05, 3.63) is 35.4 Å². The second-order valence-electron chi connectivity index (χ2n) is 5.27. The number of sulfone groups is 1. The predicted octanol–water partition coefficient (Wildman–Crippen LogP) is 0.776. The first kappa shape index (κ1) is 16.3. The molecule has 1 aromatic carbocycles. The smallest absolute Gasteiger partial charge is 0.319 e. The monoisotopic (exact) mass is 332 g/mol. The first-order valence-electron chi connectivity index (χ1n) is 6.32. The van der Waals surface area contributed by atoms with Crippen LogP contribution in [0.1, 0.15) is 12.5 Å². The highest BCUT2D eigenvalue weighted by Crippen LogP contribution is 2.30. The van der Waals surface area contributed by atoms with Crippen molar-refractivity contribution in [2.45, 2.75) is 12.5 Å². The fraction of sp³-hybridized carbons (Fsp3) is 0.385. The van der Waals surface area contributed by atoms with E-state index in [0.29, 0.717) is 11.0 Å². The summed E-state index contributed by atoms with van der Waals surface area (Å²) in [7, 11) is -3.37. The molecule has 0 spiro atoms. The van der Waals surface area contributed by atoms with Gasteiger partial charge in [0.05, 0.1) is 5.75 Å². The normalized spacial score (nSPS) is 22.1. The Balaban J connectivity index is 2.33. The Hall–Kier alpha value is -2.03. The van der Waals surface area contributed by atoms with E-state index in [-0.39, 0.29) is 12.1 Å². The van der Waals surface area contributed by atoms with E-state index in [0.717, 1.165) is 18.4 Å². The number of carbonyl (C=O) groups is 2. The molecule has 1 fully saturated rings. The first-order chi connectivity index (χ1) is 10.0. The molecule has 0 saturated carbocycles. The highest BCUT2D eigenvalue weighted by atomic mass is 32.2. The average molecular weight is 332 g/mol. The second-order valence-corrected chi connectivity index (χ2v) is 7.53. The van der Waals surface area contributed by atoms with Gasteiger partial charge >= 0.3 is 6.03 Å². The Morgan fingerprint density at radius 3 is 2.45 bits per heavy atom. The predicted molar refractivity (Wildman–Crippen MR) is 73.7 cm³/mol. The summed E-state index contributed by atoms with van der Waals surface area (Å²) in [5.74, 6) is -2.96. The largest absolute Gasteiger partial charge is 0.325 e. The summed E-state index contributed by atoms with van der Waals surface area (Å²) >= 11 is 0. The maximum absolute atomic E-state index is 13.9. The fourth-order valence-corrected chi connectivity index (χ4v) is 2.75. The standard InChI is InChI=1S/C13H14F2N2O4S/c1-13(9-4-3-8(14)7-10(9)15)11(18)17(12(19)16-13)5-6-22(2,20)21/h3-4,7H,5-6H2,1-2H3,(H,16,19)/t13-/m0/s1. The third kappa shape index (κ3) is 2.94. The topological polar surface area (TPSA) is 83.6 Å². The molecule has 1 aliphatic heterocycles. The van der Waals surface area contributed by atoms with E-state index < -0.39 is 44.7 Å². The van der Waals surface area contributed by atoms with Crippen LogP contribution in [-0.4, -0.2) is 43.8 Å². The van der Waals surface area contributed by atoms with Gasteiger partial charge in [-0.25, -0.2) is 22.0 Å². The number of urea groups is 1. The molecule has 22 heavy (non-hydrogen) atoms. The van der Waals surface area contributed by atoms with Gasteiger partial charge in [0.15, 0.2) is 0 Å². The zero-order valence-corrected chi connectivity index (χ0v) is 12.7. The summed E-state index contributed by atoms with van der Waals surface area (Å²) in [5, 5.41) is 2.32. The minimum Gasteiger partial charge on any atom is -0.319 e. The lowest BCUT2D eigenvalue weighted by Gasteiger charge is -2.22. The van der Waals surface area contributed by atoms with Gasteiger partial charge in [0.2, 0.25) is 0 Å². The number of nitrogens with one attached hydrogen (secondary N) is 1. The van der Waals surface area contributed by atoms with Crippen LogP contribution in [0.25, 0.3) is 0 Å². The van der Waals surface area contributed by atoms with Crippen LogP contribution in [0.4, 0.5) is 13.6 Å². The van der Waals surface area contributed by atoms with Gasteiger partial charge in [-0.3, -0.25) is 9.69 Å². The van der Waals surface area contributed by atoms with E-state index in [1.165, 1.54) is 6.92 Å². The van der Waals surface area contributed by atoms with Crippen LogP contribution in [-0.2, 0) is 20.2 Å². The van der Waals surface area contributed by atoms with Crippen LogP contribution in [0.3, 0.4) is 0 Å². The van der Waals surface area contributed by atoms with E-state index >= 15 is 0 Å². The van der Waals surface area contributed by atoms with E-state index in [9.17, 15) is 26.8 Å². The molecule has 6 nitrogen and oxygen atoms in total. The number of hydrogen-bond donors (Lipinski definition) is 1. The Morgan fingerprint density at radius 1 is 1.27 bits per heavy atom. The molecule has 0 aliphatic carbocycles. The molecule has 0 radical (unpaired) electrons. The summed E-state index contributed by atoms with van der Waals surface area (Å²) in [4.78, 5) is 25.0. The van der Waals surface area contributed by atoms with Gasteiger partial charge in [0.1, 0.15) is 27.0 Å². The molecule has 1 N–H and O–H groups in total. The number of imide groups is 1. The van der Waals surface area contributed by atoms with Gasteiger partial charge in [-0.15, -0.1) is 0 Å². The summed E-state index contributed by atoms with van der Waals surface area (Å²) in [6, 6.07) is 1.84. The van der Waals surface area contributed by atoms with Crippen molar-refractivity contribution >= 4 is 21.8 Å². The van der Waals surface area contributed by atoms with Crippen molar-refractivity contribution < 1.29 is 26.8 Å². The summed E-state index contributed by atoms with van der Waals surface area (Å²) in [6.45, 7) is 0.950. The van der Waals surface area contributed by atoms with Gasteiger partial charge in [0, 0.05) is 24.4 Å². The molecule has 3 amide bonds. The number of nitrogens with zero attached hydrogens (tertiary/aromatic N) is 1. The molecule has 9 heteroatoms. The Morgan fingerprint density at radius 2 is 1.91 bits per heavy atom.